The minimum atomic E-state index is -0.429. The molecule has 2 heterocycles. The molecule has 0 bridgehead atoms. The number of nitrogens with one attached hydrogen (secondary N) is 1. The molecule has 5 nitrogen and oxygen atoms in total. The minimum absolute atomic E-state index is 0.0349. The van der Waals surface area contributed by atoms with Crippen LogP contribution < -0.4 is 0 Å². The molecule has 6 heteroatoms. The van der Waals surface area contributed by atoms with Crippen LogP contribution in [0.4, 0.5) is 0 Å². The number of aryl methyl sites for hydroxylation is 1. The maximum atomic E-state index is 12.6. The summed E-state index contributed by atoms with van der Waals surface area (Å²) in [4.78, 5) is 27.4. The van der Waals surface area contributed by atoms with Gasteiger partial charge in [0.25, 0.3) is 0 Å². The van der Waals surface area contributed by atoms with Crippen LogP contribution in [0, 0.1) is 13.8 Å². The minimum Gasteiger partial charge on any atom is -0.468 e. The summed E-state index contributed by atoms with van der Waals surface area (Å²) in [7, 11) is 1.33. The lowest BCUT2D eigenvalue weighted by molar-refractivity contribution is 0.0599. The van der Waals surface area contributed by atoms with Gasteiger partial charge in [-0.15, -0.1) is 11.8 Å². The number of carbonyl (C=O) groups is 2. The normalized spacial score (nSPS) is 12.2. The Hall–Kier alpha value is -1.95. The summed E-state index contributed by atoms with van der Waals surface area (Å²) in [5.41, 5.74) is 2.20. The van der Waals surface area contributed by atoms with Crippen molar-refractivity contribution in [2.24, 2.45) is 0 Å². The first kappa shape index (κ1) is 16.4. The molecule has 1 N–H and O–H groups in total. The van der Waals surface area contributed by atoms with Gasteiger partial charge >= 0.3 is 5.97 Å². The molecule has 0 saturated heterocycles. The highest BCUT2D eigenvalue weighted by atomic mass is 32.2. The van der Waals surface area contributed by atoms with Crippen LogP contribution in [-0.2, 0) is 10.5 Å². The molecule has 0 aromatic carbocycles. The molecule has 0 spiro atoms. The fourth-order valence-electron chi connectivity index (χ4n) is 2.29. The molecule has 2 aromatic rings. The third-order valence-corrected chi connectivity index (χ3v) is 4.66. The van der Waals surface area contributed by atoms with E-state index in [4.69, 9.17) is 9.15 Å². The van der Waals surface area contributed by atoms with Crippen molar-refractivity contribution >= 4 is 23.5 Å². The lowest BCUT2D eigenvalue weighted by Crippen LogP contribution is -2.15. The fraction of sp³-hybridized carbons (Fsp3) is 0.375. The summed E-state index contributed by atoms with van der Waals surface area (Å²) in [5, 5.41) is -0.243. The number of hydrogen-bond acceptors (Lipinski definition) is 5. The second-order valence-electron chi connectivity index (χ2n) is 5.01. The van der Waals surface area contributed by atoms with Crippen molar-refractivity contribution in [3.63, 3.8) is 0 Å². The Kier molecular flexibility index (Phi) is 5.13. The molecule has 0 radical (unpaired) electrons. The van der Waals surface area contributed by atoms with Crippen LogP contribution in [0.25, 0.3) is 0 Å². The van der Waals surface area contributed by atoms with E-state index in [2.05, 4.69) is 4.98 Å². The third-order valence-electron chi connectivity index (χ3n) is 3.50. The summed E-state index contributed by atoms with van der Waals surface area (Å²) >= 11 is 1.50. The second-order valence-corrected chi connectivity index (χ2v) is 6.34. The predicted octanol–water partition coefficient (Wildman–Crippen LogP) is 3.52. The van der Waals surface area contributed by atoms with E-state index < -0.39 is 5.97 Å². The SMILES string of the molecule is COC(=O)c1c(C)[nH]c(C(=O)[C@H](C)SCc2ccco2)c1C. The molecule has 1 atom stereocenters. The van der Waals surface area contributed by atoms with Gasteiger partial charge in [0.05, 0.1) is 35.6 Å². The maximum absolute atomic E-state index is 12.6. The number of rotatable bonds is 6. The molecule has 118 valence electrons. The van der Waals surface area contributed by atoms with E-state index in [1.807, 2.05) is 19.1 Å². The molecule has 22 heavy (non-hydrogen) atoms. The molecule has 0 saturated carbocycles. The standard InChI is InChI=1S/C16H19NO4S/c1-9-13(16(19)20-4)10(2)17-14(9)15(18)11(3)22-8-12-6-5-7-21-12/h5-7,11,17H,8H2,1-4H3/t11-/m0/s1. The van der Waals surface area contributed by atoms with Gasteiger partial charge in [-0.3, -0.25) is 4.79 Å². The lowest BCUT2D eigenvalue weighted by atomic mass is 10.1. The molecule has 2 rings (SSSR count). The summed E-state index contributed by atoms with van der Waals surface area (Å²) in [5.74, 6) is 0.996. The molecule has 0 amide bonds. The van der Waals surface area contributed by atoms with E-state index in [0.29, 0.717) is 28.3 Å². The van der Waals surface area contributed by atoms with Crippen molar-refractivity contribution in [1.82, 2.24) is 4.98 Å². The first-order chi connectivity index (χ1) is 10.5. The molecule has 2 aromatic heterocycles. The number of aromatic nitrogens is 1. The van der Waals surface area contributed by atoms with Gasteiger partial charge < -0.3 is 14.1 Å². The lowest BCUT2D eigenvalue weighted by Gasteiger charge is -2.09. The van der Waals surface area contributed by atoms with Crippen LogP contribution >= 0.6 is 11.8 Å². The molecular formula is C16H19NO4S. The first-order valence-corrected chi connectivity index (χ1v) is 7.96. The number of H-pyrrole nitrogens is 1. The number of ketones is 1. The largest absolute Gasteiger partial charge is 0.468 e. The molecule has 0 unspecified atom stereocenters. The Morgan fingerprint density at radius 1 is 1.41 bits per heavy atom. The Morgan fingerprint density at radius 3 is 2.73 bits per heavy atom. The van der Waals surface area contributed by atoms with E-state index >= 15 is 0 Å². The summed E-state index contributed by atoms with van der Waals surface area (Å²) in [6.07, 6.45) is 1.61. The zero-order valence-corrected chi connectivity index (χ0v) is 13.9. The summed E-state index contributed by atoms with van der Waals surface area (Å²) < 4.78 is 10.0. The highest BCUT2D eigenvalue weighted by Gasteiger charge is 2.25. The van der Waals surface area contributed by atoms with Gasteiger partial charge in [0, 0.05) is 5.69 Å². The van der Waals surface area contributed by atoms with E-state index in [1.165, 1.54) is 18.9 Å². The van der Waals surface area contributed by atoms with Crippen molar-refractivity contribution in [3.05, 3.63) is 46.7 Å². The van der Waals surface area contributed by atoms with E-state index in [1.54, 1.807) is 20.1 Å². The zero-order valence-electron chi connectivity index (χ0n) is 13.1. The number of methoxy groups -OCH3 is 1. The fourth-order valence-corrected chi connectivity index (χ4v) is 3.13. The number of esters is 1. The average Bonchev–Trinajstić information content (AvgIpc) is 3.11. The Balaban J connectivity index is 2.13. The number of aromatic amines is 1. The van der Waals surface area contributed by atoms with Gasteiger partial charge in [0.2, 0.25) is 0 Å². The highest BCUT2D eigenvalue weighted by molar-refractivity contribution is 7.99. The Bertz CT molecular complexity index is 673. The zero-order chi connectivity index (χ0) is 16.3. The van der Waals surface area contributed by atoms with Crippen LogP contribution in [0.15, 0.2) is 22.8 Å². The molecule has 0 fully saturated rings. The van der Waals surface area contributed by atoms with Crippen molar-refractivity contribution in [3.8, 4) is 0 Å². The van der Waals surface area contributed by atoms with Crippen LogP contribution in [0.3, 0.4) is 0 Å². The first-order valence-electron chi connectivity index (χ1n) is 6.91. The van der Waals surface area contributed by atoms with E-state index in [0.717, 1.165) is 5.76 Å². The van der Waals surface area contributed by atoms with Crippen molar-refractivity contribution < 1.29 is 18.7 Å². The Morgan fingerprint density at radius 2 is 2.14 bits per heavy atom. The van der Waals surface area contributed by atoms with Crippen LogP contribution in [-0.4, -0.2) is 29.1 Å². The second kappa shape index (κ2) is 6.87. The van der Waals surface area contributed by atoms with Crippen LogP contribution in [0.5, 0.6) is 0 Å². The molecular weight excluding hydrogens is 302 g/mol. The Labute approximate surface area is 133 Å². The van der Waals surface area contributed by atoms with Gasteiger partial charge in [-0.2, -0.15) is 0 Å². The van der Waals surface area contributed by atoms with Crippen molar-refractivity contribution in [1.29, 1.82) is 0 Å². The molecule has 0 aliphatic rings. The molecule has 0 aliphatic carbocycles. The van der Waals surface area contributed by atoms with Gasteiger partial charge in [-0.1, -0.05) is 0 Å². The number of ether oxygens (including phenoxy) is 1. The van der Waals surface area contributed by atoms with E-state index in [-0.39, 0.29) is 11.0 Å². The predicted molar refractivity (Wildman–Crippen MR) is 85.4 cm³/mol. The highest BCUT2D eigenvalue weighted by Crippen LogP contribution is 2.25. The summed E-state index contributed by atoms with van der Waals surface area (Å²) in [6.45, 7) is 5.37. The topological polar surface area (TPSA) is 72.3 Å². The number of furan rings is 1. The van der Waals surface area contributed by atoms with Crippen LogP contribution in [0.2, 0.25) is 0 Å². The van der Waals surface area contributed by atoms with Gasteiger partial charge in [0.1, 0.15) is 5.76 Å². The number of thioether (sulfide) groups is 1. The monoisotopic (exact) mass is 321 g/mol. The van der Waals surface area contributed by atoms with Crippen molar-refractivity contribution in [2.45, 2.75) is 31.8 Å². The number of hydrogen-bond donors (Lipinski definition) is 1. The smallest absolute Gasteiger partial charge is 0.339 e. The van der Waals surface area contributed by atoms with Crippen LogP contribution in [0.1, 0.15) is 44.8 Å². The van der Waals surface area contributed by atoms with Gasteiger partial charge in [-0.25, -0.2) is 4.79 Å². The van der Waals surface area contributed by atoms with Gasteiger partial charge in [0.15, 0.2) is 5.78 Å². The average molecular weight is 321 g/mol. The van der Waals surface area contributed by atoms with E-state index in [9.17, 15) is 9.59 Å². The maximum Gasteiger partial charge on any atom is 0.339 e. The number of Topliss-reactive ketones (excluding diaryl/α,β-unsaturated/α-hetero) is 1. The quantitative estimate of drug-likeness (QED) is 0.651. The van der Waals surface area contributed by atoms with Crippen molar-refractivity contribution in [2.75, 3.05) is 7.11 Å². The van der Waals surface area contributed by atoms with Gasteiger partial charge in [-0.05, 0) is 38.5 Å². The number of carbonyl (C=O) groups excluding carboxylic acids is 2. The third kappa shape index (κ3) is 3.27. The summed E-state index contributed by atoms with van der Waals surface area (Å²) in [6, 6.07) is 3.70. The molecule has 0 aliphatic heterocycles.